The van der Waals surface area contributed by atoms with Crippen LogP contribution >= 0.6 is 23.2 Å². The number of halogens is 2. The maximum Gasteiger partial charge on any atom is 0.0464 e. The lowest BCUT2D eigenvalue weighted by Gasteiger charge is -2.37. The fourth-order valence-corrected chi connectivity index (χ4v) is 3.96. The van der Waals surface area contributed by atoms with Crippen LogP contribution in [0.25, 0.3) is 0 Å². The van der Waals surface area contributed by atoms with Crippen molar-refractivity contribution in [2.75, 3.05) is 6.61 Å². The van der Waals surface area contributed by atoms with E-state index in [2.05, 4.69) is 26.0 Å². The predicted molar refractivity (Wildman–Crippen MR) is 109 cm³/mol. The molecule has 0 saturated heterocycles. The van der Waals surface area contributed by atoms with Gasteiger partial charge in [-0.15, -0.1) is 0 Å². The normalized spacial score (nSPS) is 14.9. The number of aliphatic hydroxyl groups is 1. The molecule has 2 unspecified atom stereocenters. The van der Waals surface area contributed by atoms with E-state index in [0.717, 1.165) is 42.1 Å². The topological polar surface area (TPSA) is 20.2 Å². The van der Waals surface area contributed by atoms with Crippen LogP contribution in [0.1, 0.15) is 44.2 Å². The van der Waals surface area contributed by atoms with Gasteiger partial charge in [0.2, 0.25) is 0 Å². The third kappa shape index (κ3) is 5.74. The van der Waals surface area contributed by atoms with E-state index in [-0.39, 0.29) is 17.9 Å². The van der Waals surface area contributed by atoms with Crippen LogP contribution in [0, 0.1) is 11.3 Å². The van der Waals surface area contributed by atoms with Crippen molar-refractivity contribution in [3.05, 3.63) is 69.7 Å². The van der Waals surface area contributed by atoms with Gasteiger partial charge in [-0.2, -0.15) is 0 Å². The summed E-state index contributed by atoms with van der Waals surface area (Å²) >= 11 is 12.4. The molecule has 2 atom stereocenters. The molecule has 0 saturated carbocycles. The van der Waals surface area contributed by atoms with Crippen molar-refractivity contribution in [2.24, 2.45) is 11.3 Å². The second-order valence-corrected chi connectivity index (χ2v) is 8.02. The molecule has 25 heavy (non-hydrogen) atoms. The molecule has 136 valence electrons. The highest BCUT2D eigenvalue weighted by atomic mass is 35.5. The van der Waals surface area contributed by atoms with Crippen molar-refractivity contribution < 1.29 is 5.11 Å². The summed E-state index contributed by atoms with van der Waals surface area (Å²) in [7, 11) is 0. The van der Waals surface area contributed by atoms with Crippen molar-refractivity contribution in [3.8, 4) is 0 Å². The van der Waals surface area contributed by atoms with Crippen LogP contribution in [-0.2, 0) is 12.8 Å². The van der Waals surface area contributed by atoms with E-state index < -0.39 is 0 Å². The molecule has 0 aliphatic rings. The molecule has 1 nitrogen and oxygen atoms in total. The summed E-state index contributed by atoms with van der Waals surface area (Å²) in [6, 6.07) is 16.1. The fourth-order valence-electron chi connectivity index (χ4n) is 3.54. The predicted octanol–water partition coefficient (Wildman–Crippen LogP) is 6.58. The van der Waals surface area contributed by atoms with Crippen molar-refractivity contribution in [1.82, 2.24) is 0 Å². The Labute approximate surface area is 162 Å². The van der Waals surface area contributed by atoms with Gasteiger partial charge in [-0.1, -0.05) is 73.8 Å². The standard InChI is InChI=1S/C22H28Cl2O/c1-3-22(2,15-18-10-4-5-13-21(18)24)19(16-25)11-6-8-17-9-7-12-20(23)14-17/h4-5,7,9-10,12-14,19,25H,3,6,8,11,15-16H2,1-2H3. The summed E-state index contributed by atoms with van der Waals surface area (Å²) < 4.78 is 0. The van der Waals surface area contributed by atoms with E-state index in [9.17, 15) is 5.11 Å². The molecule has 0 spiro atoms. The summed E-state index contributed by atoms with van der Waals surface area (Å²) in [6.45, 7) is 4.69. The minimum absolute atomic E-state index is 0.0358. The Bertz CT molecular complexity index is 671. The SMILES string of the molecule is CCC(C)(Cc1ccccc1Cl)C(CO)CCCc1cccc(Cl)c1. The maximum atomic E-state index is 10.0. The molecular formula is C22H28Cl2O. The van der Waals surface area contributed by atoms with Gasteiger partial charge in [0.15, 0.2) is 0 Å². The zero-order chi connectivity index (χ0) is 18.3. The van der Waals surface area contributed by atoms with Gasteiger partial charge in [-0.3, -0.25) is 0 Å². The zero-order valence-electron chi connectivity index (χ0n) is 15.1. The second kappa shape index (κ2) is 9.62. The van der Waals surface area contributed by atoms with Gasteiger partial charge in [0.05, 0.1) is 0 Å². The van der Waals surface area contributed by atoms with Crippen molar-refractivity contribution in [2.45, 2.75) is 46.0 Å². The van der Waals surface area contributed by atoms with Gasteiger partial charge in [0.25, 0.3) is 0 Å². The number of hydrogen-bond acceptors (Lipinski definition) is 1. The third-order valence-electron chi connectivity index (χ3n) is 5.47. The van der Waals surface area contributed by atoms with E-state index in [1.807, 2.05) is 36.4 Å². The van der Waals surface area contributed by atoms with Gasteiger partial charge in [0, 0.05) is 16.7 Å². The Kier molecular flexibility index (Phi) is 7.81. The zero-order valence-corrected chi connectivity index (χ0v) is 16.7. The molecule has 2 aromatic carbocycles. The molecule has 2 aromatic rings. The van der Waals surface area contributed by atoms with Crippen molar-refractivity contribution >= 4 is 23.2 Å². The summed E-state index contributed by atoms with van der Waals surface area (Å²) in [6.07, 6.45) is 4.94. The number of aliphatic hydroxyl groups excluding tert-OH is 1. The molecule has 0 aromatic heterocycles. The van der Waals surface area contributed by atoms with Gasteiger partial charge >= 0.3 is 0 Å². The van der Waals surface area contributed by atoms with Gasteiger partial charge < -0.3 is 5.11 Å². The lowest BCUT2D eigenvalue weighted by Crippen LogP contribution is -2.32. The minimum atomic E-state index is 0.0358. The lowest BCUT2D eigenvalue weighted by molar-refractivity contribution is 0.0885. The maximum absolute atomic E-state index is 10.0. The van der Waals surface area contributed by atoms with E-state index in [1.165, 1.54) is 11.1 Å². The summed E-state index contributed by atoms with van der Waals surface area (Å²) in [5.74, 6) is 0.257. The number of benzene rings is 2. The monoisotopic (exact) mass is 378 g/mol. The smallest absolute Gasteiger partial charge is 0.0464 e. The molecule has 3 heteroatoms. The largest absolute Gasteiger partial charge is 0.396 e. The highest BCUT2D eigenvalue weighted by molar-refractivity contribution is 6.31. The molecule has 0 bridgehead atoms. The van der Waals surface area contributed by atoms with Crippen molar-refractivity contribution in [3.63, 3.8) is 0 Å². The van der Waals surface area contributed by atoms with Crippen molar-refractivity contribution in [1.29, 1.82) is 0 Å². The van der Waals surface area contributed by atoms with E-state index in [1.54, 1.807) is 0 Å². The third-order valence-corrected chi connectivity index (χ3v) is 6.08. The average molecular weight is 379 g/mol. The van der Waals surface area contributed by atoms with Crippen LogP contribution in [0.2, 0.25) is 10.0 Å². The minimum Gasteiger partial charge on any atom is -0.396 e. The van der Waals surface area contributed by atoms with Crippen LogP contribution in [-0.4, -0.2) is 11.7 Å². The van der Waals surface area contributed by atoms with Crippen LogP contribution < -0.4 is 0 Å². The van der Waals surface area contributed by atoms with Crippen LogP contribution in [0.3, 0.4) is 0 Å². The van der Waals surface area contributed by atoms with Gasteiger partial charge in [0.1, 0.15) is 0 Å². The molecule has 0 radical (unpaired) electrons. The van der Waals surface area contributed by atoms with Gasteiger partial charge in [-0.05, 0) is 66.3 Å². The van der Waals surface area contributed by atoms with Crippen LogP contribution in [0.4, 0.5) is 0 Å². The second-order valence-electron chi connectivity index (χ2n) is 7.18. The Morgan fingerprint density at radius 3 is 2.48 bits per heavy atom. The highest BCUT2D eigenvalue weighted by Gasteiger charge is 2.32. The van der Waals surface area contributed by atoms with Crippen LogP contribution in [0.5, 0.6) is 0 Å². The first-order valence-corrected chi connectivity index (χ1v) is 9.83. The average Bonchev–Trinajstić information content (AvgIpc) is 2.60. The molecule has 0 heterocycles. The van der Waals surface area contributed by atoms with Gasteiger partial charge in [-0.25, -0.2) is 0 Å². The fraction of sp³-hybridized carbons (Fsp3) is 0.455. The Balaban J connectivity index is 2.01. The molecule has 0 aliphatic carbocycles. The summed E-state index contributed by atoms with van der Waals surface area (Å²) in [5.41, 5.74) is 2.46. The molecule has 0 amide bonds. The Morgan fingerprint density at radius 1 is 1.08 bits per heavy atom. The summed E-state index contributed by atoms with van der Waals surface area (Å²) in [4.78, 5) is 0. The van der Waals surface area contributed by atoms with E-state index >= 15 is 0 Å². The van der Waals surface area contributed by atoms with Crippen LogP contribution in [0.15, 0.2) is 48.5 Å². The first-order valence-electron chi connectivity index (χ1n) is 9.07. The number of hydrogen-bond donors (Lipinski definition) is 1. The first-order chi connectivity index (χ1) is 12.0. The molecular weight excluding hydrogens is 351 g/mol. The molecule has 1 N–H and O–H groups in total. The molecule has 0 aliphatic heterocycles. The van der Waals surface area contributed by atoms with E-state index in [4.69, 9.17) is 23.2 Å². The number of aryl methyl sites for hydroxylation is 1. The molecule has 2 rings (SSSR count). The number of rotatable bonds is 9. The quantitative estimate of drug-likeness (QED) is 0.521. The Morgan fingerprint density at radius 2 is 1.84 bits per heavy atom. The highest BCUT2D eigenvalue weighted by Crippen LogP contribution is 2.39. The molecule has 0 fully saturated rings. The summed E-state index contributed by atoms with van der Waals surface area (Å²) in [5, 5.41) is 11.6. The lowest BCUT2D eigenvalue weighted by atomic mass is 9.69. The first kappa shape index (κ1) is 20.3. The van der Waals surface area contributed by atoms with E-state index in [0.29, 0.717) is 0 Å². The Hall–Kier alpha value is -1.02.